The van der Waals surface area contributed by atoms with Crippen LogP contribution in [0.25, 0.3) is 11.0 Å². The van der Waals surface area contributed by atoms with E-state index in [2.05, 4.69) is 43.4 Å². The monoisotopic (exact) mass is 400 g/mol. The van der Waals surface area contributed by atoms with Crippen molar-refractivity contribution in [3.63, 3.8) is 0 Å². The van der Waals surface area contributed by atoms with Gasteiger partial charge in [0.25, 0.3) is 0 Å². The van der Waals surface area contributed by atoms with Crippen LogP contribution in [0.1, 0.15) is 46.8 Å². The molecular weight excluding hydrogens is 388 g/mol. The van der Waals surface area contributed by atoms with Crippen molar-refractivity contribution < 1.29 is 9.53 Å². The second kappa shape index (κ2) is 5.15. The topological polar surface area (TPSA) is 44.1 Å². The maximum Gasteiger partial charge on any atom is 0.337 e. The van der Waals surface area contributed by atoms with Gasteiger partial charge in [-0.25, -0.2) is 9.78 Å². The van der Waals surface area contributed by atoms with E-state index < -0.39 is 0 Å². The highest BCUT2D eigenvalue weighted by molar-refractivity contribution is 9.10. The predicted octanol–water partition coefficient (Wildman–Crippen LogP) is 4.38. The lowest BCUT2D eigenvalue weighted by Crippen LogP contribution is -2.16. The molecular formula is C14H14Br2N2O2. The Bertz CT molecular complexity index is 696. The summed E-state index contributed by atoms with van der Waals surface area (Å²) in [5.41, 5.74) is 2.39. The van der Waals surface area contributed by atoms with E-state index in [1.807, 2.05) is 0 Å². The summed E-state index contributed by atoms with van der Waals surface area (Å²) >= 11 is 7.26. The largest absolute Gasteiger partial charge is 0.465 e. The van der Waals surface area contributed by atoms with Crippen LogP contribution in [-0.2, 0) is 4.74 Å². The summed E-state index contributed by atoms with van der Waals surface area (Å²) in [7, 11) is 1.38. The molecule has 2 atom stereocenters. The number of ether oxygens (including phenoxy) is 1. The molecule has 1 aromatic heterocycles. The summed E-state index contributed by atoms with van der Waals surface area (Å²) in [5, 5.41) is 0. The van der Waals surface area contributed by atoms with Crippen molar-refractivity contribution in [1.29, 1.82) is 0 Å². The van der Waals surface area contributed by atoms with Gasteiger partial charge in [-0.05, 0) is 47.8 Å². The van der Waals surface area contributed by atoms with E-state index in [0.717, 1.165) is 34.2 Å². The predicted molar refractivity (Wildman–Crippen MR) is 84.4 cm³/mol. The number of benzene rings is 1. The fourth-order valence-electron chi connectivity index (χ4n) is 2.75. The van der Waals surface area contributed by atoms with Crippen LogP contribution in [0.2, 0.25) is 0 Å². The Labute approximate surface area is 133 Å². The molecule has 2 aromatic rings. The van der Waals surface area contributed by atoms with Gasteiger partial charge < -0.3 is 9.30 Å². The highest BCUT2D eigenvalue weighted by Gasteiger charge is 2.28. The maximum atomic E-state index is 11.7. The molecule has 20 heavy (non-hydrogen) atoms. The lowest BCUT2D eigenvalue weighted by molar-refractivity contribution is 0.0601. The quantitative estimate of drug-likeness (QED) is 0.526. The molecule has 3 rings (SSSR count). The smallest absolute Gasteiger partial charge is 0.337 e. The number of halogens is 2. The van der Waals surface area contributed by atoms with Gasteiger partial charge in [0.2, 0.25) is 0 Å². The van der Waals surface area contributed by atoms with Gasteiger partial charge in [-0.1, -0.05) is 15.9 Å². The van der Waals surface area contributed by atoms with Gasteiger partial charge in [0.1, 0.15) is 5.82 Å². The fraction of sp³-hybridized carbons (Fsp3) is 0.429. The molecule has 1 aliphatic heterocycles. The molecule has 0 bridgehead atoms. The van der Waals surface area contributed by atoms with Crippen molar-refractivity contribution >= 4 is 48.9 Å². The zero-order chi connectivity index (χ0) is 14.4. The molecule has 106 valence electrons. The second-order valence-corrected chi connectivity index (χ2v) is 7.01. The molecule has 1 aliphatic rings. The first-order valence-electron chi connectivity index (χ1n) is 6.46. The Morgan fingerprint density at radius 1 is 1.45 bits per heavy atom. The number of rotatable bonds is 1. The first kappa shape index (κ1) is 14.1. The highest BCUT2D eigenvalue weighted by Crippen LogP contribution is 2.41. The van der Waals surface area contributed by atoms with E-state index in [-0.39, 0.29) is 10.8 Å². The zero-order valence-electron chi connectivity index (χ0n) is 11.2. The van der Waals surface area contributed by atoms with E-state index in [0.29, 0.717) is 11.6 Å². The second-order valence-electron chi connectivity index (χ2n) is 5.05. The minimum atomic E-state index is -0.345. The Hall–Kier alpha value is -0.880. The number of methoxy groups -OCH3 is 1. The number of imidazole rings is 1. The summed E-state index contributed by atoms with van der Waals surface area (Å²) in [4.78, 5) is 16.7. The zero-order valence-corrected chi connectivity index (χ0v) is 14.4. The molecule has 0 saturated heterocycles. The van der Waals surface area contributed by atoms with Gasteiger partial charge in [-0.15, -0.1) is 0 Å². The Morgan fingerprint density at radius 2 is 2.20 bits per heavy atom. The summed E-state index contributed by atoms with van der Waals surface area (Å²) in [5.74, 6) is 0.684. The Kier molecular flexibility index (Phi) is 3.62. The van der Waals surface area contributed by atoms with Crippen molar-refractivity contribution in [2.45, 2.75) is 30.6 Å². The fourth-order valence-corrected chi connectivity index (χ4v) is 3.98. The van der Waals surface area contributed by atoms with Gasteiger partial charge in [-0.2, -0.15) is 0 Å². The summed E-state index contributed by atoms with van der Waals surface area (Å²) in [6.07, 6.45) is 2.19. The van der Waals surface area contributed by atoms with Crippen LogP contribution in [0.3, 0.4) is 0 Å². The molecule has 0 unspecified atom stereocenters. The van der Waals surface area contributed by atoms with Gasteiger partial charge in [0, 0.05) is 10.5 Å². The van der Waals surface area contributed by atoms with Crippen molar-refractivity contribution in [2.24, 2.45) is 0 Å². The van der Waals surface area contributed by atoms with Gasteiger partial charge in [0.05, 0.1) is 28.5 Å². The SMILES string of the molecule is COC(=O)c1cc(Br)c2c(c1)nc1n2[C@H](C)CC[C@H]1Br. The number of carbonyl (C=O) groups excluding carboxylic acids is 1. The minimum Gasteiger partial charge on any atom is -0.465 e. The average molecular weight is 402 g/mol. The number of hydrogen-bond donors (Lipinski definition) is 0. The maximum absolute atomic E-state index is 11.7. The first-order chi connectivity index (χ1) is 9.52. The number of esters is 1. The van der Waals surface area contributed by atoms with Crippen molar-refractivity contribution in [2.75, 3.05) is 7.11 Å². The van der Waals surface area contributed by atoms with Crippen LogP contribution in [0.15, 0.2) is 16.6 Å². The average Bonchev–Trinajstić information content (AvgIpc) is 2.83. The van der Waals surface area contributed by atoms with E-state index in [1.165, 1.54) is 7.11 Å². The molecule has 0 fully saturated rings. The van der Waals surface area contributed by atoms with Gasteiger partial charge in [-0.3, -0.25) is 0 Å². The van der Waals surface area contributed by atoms with E-state index >= 15 is 0 Å². The molecule has 0 amide bonds. The Balaban J connectivity index is 2.27. The molecule has 0 radical (unpaired) electrons. The van der Waals surface area contributed by atoms with Crippen molar-refractivity contribution in [3.05, 3.63) is 28.0 Å². The van der Waals surface area contributed by atoms with Crippen molar-refractivity contribution in [3.8, 4) is 0 Å². The standard InChI is InChI=1S/C14H14Br2N2O2/c1-7-3-4-9(15)13-17-11-6-8(14(19)20-2)5-10(16)12(11)18(7)13/h5-7,9H,3-4H2,1-2H3/t7-,9-/m1/s1. The van der Waals surface area contributed by atoms with E-state index in [1.54, 1.807) is 12.1 Å². The van der Waals surface area contributed by atoms with E-state index in [4.69, 9.17) is 9.72 Å². The number of nitrogens with zero attached hydrogens (tertiary/aromatic N) is 2. The summed E-state index contributed by atoms with van der Waals surface area (Å²) < 4.78 is 7.91. The molecule has 2 heterocycles. The van der Waals surface area contributed by atoms with Crippen LogP contribution < -0.4 is 0 Å². The summed E-state index contributed by atoms with van der Waals surface area (Å²) in [6.45, 7) is 2.20. The minimum absolute atomic E-state index is 0.263. The third kappa shape index (κ3) is 2.09. The van der Waals surface area contributed by atoms with Gasteiger partial charge in [0.15, 0.2) is 0 Å². The lowest BCUT2D eigenvalue weighted by atomic mass is 10.1. The van der Waals surface area contributed by atoms with E-state index in [9.17, 15) is 4.79 Å². The molecule has 0 spiro atoms. The molecule has 6 heteroatoms. The third-order valence-electron chi connectivity index (χ3n) is 3.75. The van der Waals surface area contributed by atoms with Crippen LogP contribution in [0, 0.1) is 0 Å². The Morgan fingerprint density at radius 3 is 2.90 bits per heavy atom. The molecule has 4 nitrogen and oxygen atoms in total. The number of fused-ring (bicyclic) bond motifs is 3. The number of hydrogen-bond acceptors (Lipinski definition) is 3. The number of aromatic nitrogens is 2. The normalized spacial score (nSPS) is 21.8. The highest BCUT2D eigenvalue weighted by atomic mass is 79.9. The van der Waals surface area contributed by atoms with Crippen LogP contribution in [0.4, 0.5) is 0 Å². The lowest BCUT2D eigenvalue weighted by Gasteiger charge is -2.26. The molecule has 0 N–H and O–H groups in total. The molecule has 0 saturated carbocycles. The molecule has 0 aliphatic carbocycles. The summed E-state index contributed by atoms with van der Waals surface area (Å²) in [6, 6.07) is 4.00. The third-order valence-corrected chi connectivity index (χ3v) is 5.22. The van der Waals surface area contributed by atoms with Crippen LogP contribution >= 0.6 is 31.9 Å². The van der Waals surface area contributed by atoms with Crippen molar-refractivity contribution in [1.82, 2.24) is 9.55 Å². The number of carbonyl (C=O) groups is 1. The van der Waals surface area contributed by atoms with Crippen LogP contribution in [0.5, 0.6) is 0 Å². The van der Waals surface area contributed by atoms with Crippen LogP contribution in [-0.4, -0.2) is 22.6 Å². The molecule has 1 aromatic carbocycles. The first-order valence-corrected chi connectivity index (χ1v) is 8.17. The van der Waals surface area contributed by atoms with Gasteiger partial charge >= 0.3 is 5.97 Å². The number of alkyl halides is 1.